The molecule has 0 bridgehead atoms. The minimum atomic E-state index is 0.520. The van der Waals surface area contributed by atoms with Crippen LogP contribution in [0.15, 0.2) is 78.9 Å². The van der Waals surface area contributed by atoms with Crippen LogP contribution in [0.3, 0.4) is 0 Å². The second-order valence-electron chi connectivity index (χ2n) is 5.60. The van der Waals surface area contributed by atoms with E-state index < -0.39 is 0 Å². The van der Waals surface area contributed by atoms with Crippen molar-refractivity contribution in [3.63, 3.8) is 0 Å². The molecule has 0 aliphatic heterocycles. The molecule has 0 aliphatic rings. The lowest BCUT2D eigenvalue weighted by Crippen LogP contribution is -1.97. The fourth-order valence-electron chi connectivity index (χ4n) is 2.62. The molecule has 128 valence electrons. The summed E-state index contributed by atoms with van der Waals surface area (Å²) < 4.78 is 8.24. The summed E-state index contributed by atoms with van der Waals surface area (Å²) >= 11 is 11.4. The molecule has 0 spiro atoms. The van der Waals surface area contributed by atoms with Gasteiger partial charge in [0.1, 0.15) is 11.5 Å². The Morgan fingerprint density at radius 1 is 0.846 bits per heavy atom. The molecule has 0 aliphatic carbocycles. The second-order valence-corrected chi connectivity index (χ2v) is 6.43. The predicted molar refractivity (Wildman–Crippen MR) is 106 cm³/mol. The molecular formula is C20H14ClN3OS. The summed E-state index contributed by atoms with van der Waals surface area (Å²) in [4.78, 5) is 0. The van der Waals surface area contributed by atoms with E-state index in [0.29, 0.717) is 9.79 Å². The average molecular weight is 380 g/mol. The first-order valence-corrected chi connectivity index (χ1v) is 8.76. The number of aromatic nitrogens is 3. The highest BCUT2D eigenvalue weighted by atomic mass is 35.5. The first kappa shape index (κ1) is 16.6. The molecule has 1 N–H and O–H groups in total. The van der Waals surface area contributed by atoms with Crippen molar-refractivity contribution in [2.45, 2.75) is 0 Å². The van der Waals surface area contributed by atoms with Gasteiger partial charge < -0.3 is 4.74 Å². The van der Waals surface area contributed by atoms with Crippen LogP contribution in [0.4, 0.5) is 0 Å². The highest BCUT2D eigenvalue weighted by Crippen LogP contribution is 2.26. The lowest BCUT2D eigenvalue weighted by Gasteiger charge is -2.09. The third-order valence-corrected chi connectivity index (χ3v) is 4.37. The van der Waals surface area contributed by atoms with Gasteiger partial charge >= 0.3 is 0 Å². The summed E-state index contributed by atoms with van der Waals surface area (Å²) in [7, 11) is 0. The highest BCUT2D eigenvalue weighted by molar-refractivity contribution is 7.71. The minimum Gasteiger partial charge on any atom is -0.457 e. The molecule has 0 saturated heterocycles. The van der Waals surface area contributed by atoms with E-state index in [-0.39, 0.29) is 0 Å². The van der Waals surface area contributed by atoms with Gasteiger partial charge in [-0.05, 0) is 72.9 Å². The van der Waals surface area contributed by atoms with Gasteiger partial charge in [-0.15, -0.1) is 0 Å². The molecule has 0 radical (unpaired) electrons. The summed E-state index contributed by atoms with van der Waals surface area (Å²) in [5.41, 5.74) is 1.82. The number of hydrogen-bond acceptors (Lipinski definition) is 3. The summed E-state index contributed by atoms with van der Waals surface area (Å²) in [5, 5.41) is 7.89. The zero-order chi connectivity index (χ0) is 17.9. The molecule has 4 aromatic rings. The fourth-order valence-corrected chi connectivity index (χ4v) is 2.98. The van der Waals surface area contributed by atoms with Crippen molar-refractivity contribution in [2.24, 2.45) is 0 Å². The third kappa shape index (κ3) is 3.40. The molecule has 1 aromatic heterocycles. The van der Waals surface area contributed by atoms with E-state index in [9.17, 15) is 0 Å². The van der Waals surface area contributed by atoms with E-state index >= 15 is 0 Å². The van der Waals surface area contributed by atoms with Crippen LogP contribution in [0.5, 0.6) is 11.5 Å². The van der Waals surface area contributed by atoms with Gasteiger partial charge in [0, 0.05) is 10.6 Å². The van der Waals surface area contributed by atoms with E-state index in [2.05, 4.69) is 10.2 Å². The molecule has 0 amide bonds. The fraction of sp³-hybridized carbons (Fsp3) is 0. The molecule has 4 nitrogen and oxygen atoms in total. The van der Waals surface area contributed by atoms with Crippen LogP contribution in [0.1, 0.15) is 0 Å². The molecule has 0 saturated carbocycles. The normalized spacial score (nSPS) is 10.7. The van der Waals surface area contributed by atoms with Gasteiger partial charge in [0.05, 0.1) is 5.69 Å². The maximum absolute atomic E-state index is 5.98. The Kier molecular flexibility index (Phi) is 4.56. The smallest absolute Gasteiger partial charge is 0.200 e. The molecule has 3 aromatic carbocycles. The Morgan fingerprint density at radius 2 is 1.50 bits per heavy atom. The van der Waals surface area contributed by atoms with Crippen LogP contribution in [0.2, 0.25) is 5.02 Å². The van der Waals surface area contributed by atoms with Gasteiger partial charge in [0.15, 0.2) is 10.6 Å². The van der Waals surface area contributed by atoms with Crippen LogP contribution >= 0.6 is 23.8 Å². The van der Waals surface area contributed by atoms with Gasteiger partial charge in [-0.3, -0.25) is 9.67 Å². The topological polar surface area (TPSA) is 42.8 Å². The standard InChI is InChI=1S/C20H14ClN3OS/c21-15-8-6-14(7-9-15)19-22-23-20(26)24(19)16-10-12-18(13-11-16)25-17-4-2-1-3-5-17/h1-13H,(H,23,26). The number of nitrogens with one attached hydrogen (secondary N) is 1. The first-order valence-electron chi connectivity index (χ1n) is 7.97. The van der Waals surface area contributed by atoms with Crippen molar-refractivity contribution in [2.75, 3.05) is 0 Å². The summed E-state index contributed by atoms with van der Waals surface area (Å²) in [6.07, 6.45) is 0. The Hall–Kier alpha value is -2.89. The van der Waals surface area contributed by atoms with Crippen LogP contribution in [0.25, 0.3) is 17.1 Å². The molecular weight excluding hydrogens is 366 g/mol. The van der Waals surface area contributed by atoms with Crippen molar-refractivity contribution in [3.05, 3.63) is 88.7 Å². The van der Waals surface area contributed by atoms with E-state index in [1.165, 1.54) is 0 Å². The van der Waals surface area contributed by atoms with Crippen molar-refractivity contribution in [3.8, 4) is 28.6 Å². The number of H-pyrrole nitrogens is 1. The average Bonchev–Trinajstić information content (AvgIpc) is 3.05. The van der Waals surface area contributed by atoms with Crippen LogP contribution in [0, 0.1) is 4.77 Å². The van der Waals surface area contributed by atoms with Crippen molar-refractivity contribution >= 4 is 23.8 Å². The SMILES string of the molecule is S=c1[nH]nc(-c2ccc(Cl)cc2)n1-c1ccc(Oc2ccccc2)cc1. The van der Waals surface area contributed by atoms with Crippen molar-refractivity contribution in [1.29, 1.82) is 0 Å². The summed E-state index contributed by atoms with van der Waals surface area (Å²) in [6.45, 7) is 0. The Balaban J connectivity index is 1.67. The maximum Gasteiger partial charge on any atom is 0.200 e. The Labute approximate surface area is 160 Å². The lowest BCUT2D eigenvalue weighted by molar-refractivity contribution is 0.482. The van der Waals surface area contributed by atoms with Gasteiger partial charge in [-0.2, -0.15) is 5.10 Å². The molecule has 0 unspecified atom stereocenters. The van der Waals surface area contributed by atoms with Gasteiger partial charge in [-0.25, -0.2) is 0 Å². The number of nitrogens with zero attached hydrogens (tertiary/aromatic N) is 2. The number of benzene rings is 3. The predicted octanol–water partition coefficient (Wildman–Crippen LogP) is 6.04. The lowest BCUT2D eigenvalue weighted by atomic mass is 10.2. The summed E-state index contributed by atoms with van der Waals surface area (Å²) in [5.74, 6) is 2.27. The largest absolute Gasteiger partial charge is 0.457 e. The number of rotatable bonds is 4. The Bertz CT molecular complexity index is 1070. The van der Waals surface area contributed by atoms with Crippen molar-refractivity contribution < 1.29 is 4.74 Å². The molecule has 26 heavy (non-hydrogen) atoms. The molecule has 1 heterocycles. The van der Waals surface area contributed by atoms with E-state index in [1.807, 2.05) is 83.4 Å². The Morgan fingerprint density at radius 3 is 2.19 bits per heavy atom. The molecule has 0 atom stereocenters. The first-order chi connectivity index (χ1) is 12.7. The number of para-hydroxylation sites is 1. The van der Waals surface area contributed by atoms with Crippen LogP contribution < -0.4 is 4.74 Å². The third-order valence-electron chi connectivity index (χ3n) is 3.85. The van der Waals surface area contributed by atoms with Crippen LogP contribution in [-0.4, -0.2) is 14.8 Å². The van der Waals surface area contributed by atoms with Gasteiger partial charge in [0.25, 0.3) is 0 Å². The number of aromatic amines is 1. The van der Waals surface area contributed by atoms with Crippen molar-refractivity contribution in [1.82, 2.24) is 14.8 Å². The quantitative estimate of drug-likeness (QED) is 0.439. The highest BCUT2D eigenvalue weighted by Gasteiger charge is 2.11. The number of ether oxygens (including phenoxy) is 1. The van der Waals surface area contributed by atoms with E-state index in [1.54, 1.807) is 0 Å². The van der Waals surface area contributed by atoms with E-state index in [0.717, 1.165) is 28.6 Å². The minimum absolute atomic E-state index is 0.520. The number of hydrogen-bond donors (Lipinski definition) is 1. The molecule has 4 rings (SSSR count). The molecule has 6 heteroatoms. The zero-order valence-electron chi connectivity index (χ0n) is 13.6. The van der Waals surface area contributed by atoms with Crippen LogP contribution in [-0.2, 0) is 0 Å². The zero-order valence-corrected chi connectivity index (χ0v) is 15.2. The summed E-state index contributed by atoms with van der Waals surface area (Å²) in [6, 6.07) is 24.8. The monoisotopic (exact) mass is 379 g/mol. The maximum atomic E-state index is 5.98. The van der Waals surface area contributed by atoms with Gasteiger partial charge in [0.2, 0.25) is 0 Å². The van der Waals surface area contributed by atoms with E-state index in [4.69, 9.17) is 28.6 Å². The number of halogens is 1. The molecule has 0 fully saturated rings. The second kappa shape index (κ2) is 7.15. The van der Waals surface area contributed by atoms with Gasteiger partial charge in [-0.1, -0.05) is 29.8 Å².